The van der Waals surface area contributed by atoms with Gasteiger partial charge in [0.15, 0.2) is 11.6 Å². The maximum absolute atomic E-state index is 13.0. The minimum absolute atomic E-state index is 0. The Morgan fingerprint density at radius 3 is 2.47 bits per heavy atom. The van der Waals surface area contributed by atoms with Crippen molar-refractivity contribution in [3.05, 3.63) is 32.9 Å². The van der Waals surface area contributed by atoms with Crippen molar-refractivity contribution in [2.24, 2.45) is 0 Å². The van der Waals surface area contributed by atoms with E-state index in [2.05, 4.69) is 17.6 Å². The molecule has 1 aromatic carbocycles. The van der Waals surface area contributed by atoms with E-state index >= 15 is 0 Å². The topological polar surface area (TPSA) is 41.1 Å². The molecular weight excluding hydrogens is 388 g/mol. The van der Waals surface area contributed by atoms with E-state index in [-0.39, 0.29) is 18.0 Å². The quantitative estimate of drug-likeness (QED) is 0.435. The molecule has 0 spiro atoms. The van der Waals surface area contributed by atoms with Gasteiger partial charge in [-0.3, -0.25) is 4.79 Å². The third kappa shape index (κ3) is 6.01. The predicted octanol–water partition coefficient (Wildman–Crippen LogP) is 2.72. The van der Waals surface area contributed by atoms with Crippen LogP contribution >= 0.6 is 35.0 Å². The number of carbonyl (C=O) groups is 1. The van der Waals surface area contributed by atoms with Gasteiger partial charge < -0.3 is 10.6 Å². The van der Waals surface area contributed by atoms with Gasteiger partial charge in [-0.1, -0.05) is 6.92 Å². The van der Waals surface area contributed by atoms with Crippen molar-refractivity contribution in [1.82, 2.24) is 10.6 Å². The Bertz CT molecular complexity index is 432. The lowest BCUT2D eigenvalue weighted by Crippen LogP contribution is -2.32. The molecule has 1 aromatic rings. The molecule has 0 aliphatic rings. The Kier molecular flexibility index (Phi) is 9.20. The number of nitrogens with one attached hydrogen (secondary N) is 2. The smallest absolute Gasteiger partial charge is 0.252 e. The number of hydrogen-bond acceptors (Lipinski definition) is 2. The molecule has 0 radical (unpaired) electrons. The summed E-state index contributed by atoms with van der Waals surface area (Å²) in [6.07, 6.45) is 1.02. The molecule has 0 aliphatic carbocycles. The van der Waals surface area contributed by atoms with Gasteiger partial charge in [-0.15, -0.1) is 12.4 Å². The van der Waals surface area contributed by atoms with E-state index in [0.717, 1.165) is 25.1 Å². The molecule has 2 N–H and O–H groups in total. The lowest BCUT2D eigenvalue weighted by Gasteiger charge is -2.08. The van der Waals surface area contributed by atoms with Gasteiger partial charge in [0, 0.05) is 16.7 Å². The molecule has 0 heterocycles. The number of carbonyl (C=O) groups excluding carboxylic acids is 1. The van der Waals surface area contributed by atoms with Crippen LogP contribution in [-0.2, 0) is 0 Å². The van der Waals surface area contributed by atoms with Gasteiger partial charge in [0.05, 0.1) is 5.56 Å². The average Bonchev–Trinajstić information content (AvgIpc) is 2.33. The van der Waals surface area contributed by atoms with E-state index in [4.69, 9.17) is 0 Å². The molecule has 0 fully saturated rings. The van der Waals surface area contributed by atoms with Crippen LogP contribution < -0.4 is 10.6 Å². The SMILES string of the molecule is CCCNCCNC(=O)c1cc(F)c(F)cc1I.Cl. The Labute approximate surface area is 131 Å². The van der Waals surface area contributed by atoms with Gasteiger partial charge in [0.1, 0.15) is 0 Å². The summed E-state index contributed by atoms with van der Waals surface area (Å²) in [5.41, 5.74) is 0.157. The molecule has 0 aromatic heterocycles. The van der Waals surface area contributed by atoms with Gasteiger partial charge >= 0.3 is 0 Å². The van der Waals surface area contributed by atoms with Crippen molar-refractivity contribution in [3.63, 3.8) is 0 Å². The molecule has 0 saturated carbocycles. The standard InChI is InChI=1S/C12H15F2IN2O.ClH/c1-2-3-16-4-5-17-12(18)8-6-9(13)10(14)7-11(8)15;/h6-7,16H,2-5H2,1H3,(H,17,18);1H. The molecule has 0 atom stereocenters. The Balaban J connectivity index is 0.00000324. The number of hydrogen-bond donors (Lipinski definition) is 2. The summed E-state index contributed by atoms with van der Waals surface area (Å²) < 4.78 is 26.3. The maximum Gasteiger partial charge on any atom is 0.252 e. The fraction of sp³-hybridized carbons (Fsp3) is 0.417. The van der Waals surface area contributed by atoms with Crippen molar-refractivity contribution >= 4 is 40.9 Å². The van der Waals surface area contributed by atoms with Gasteiger partial charge in [0.25, 0.3) is 5.91 Å². The highest BCUT2D eigenvalue weighted by Crippen LogP contribution is 2.16. The van der Waals surface area contributed by atoms with Crippen molar-refractivity contribution in [2.45, 2.75) is 13.3 Å². The molecule has 7 heteroatoms. The Hall–Kier alpha value is -0.470. The van der Waals surface area contributed by atoms with Crippen LogP contribution in [0.25, 0.3) is 0 Å². The first-order chi connectivity index (χ1) is 8.56. The third-order valence-corrected chi connectivity index (χ3v) is 3.16. The Morgan fingerprint density at radius 1 is 1.21 bits per heavy atom. The minimum Gasteiger partial charge on any atom is -0.351 e. The molecule has 1 rings (SSSR count). The summed E-state index contributed by atoms with van der Waals surface area (Å²) in [5.74, 6) is -2.35. The normalized spacial score (nSPS) is 9.89. The second-order valence-corrected chi connectivity index (χ2v) is 4.91. The minimum atomic E-state index is -1.01. The van der Waals surface area contributed by atoms with Crippen LogP contribution in [0.2, 0.25) is 0 Å². The summed E-state index contributed by atoms with van der Waals surface area (Å²) in [5, 5.41) is 5.78. The summed E-state index contributed by atoms with van der Waals surface area (Å²) >= 11 is 1.81. The average molecular weight is 405 g/mol. The fourth-order valence-electron chi connectivity index (χ4n) is 1.36. The van der Waals surface area contributed by atoms with Gasteiger partial charge in [0.2, 0.25) is 0 Å². The summed E-state index contributed by atoms with van der Waals surface area (Å²) in [6, 6.07) is 1.94. The molecule has 0 unspecified atom stereocenters. The summed E-state index contributed by atoms with van der Waals surface area (Å²) in [7, 11) is 0. The second-order valence-electron chi connectivity index (χ2n) is 3.75. The number of amides is 1. The zero-order valence-corrected chi connectivity index (χ0v) is 13.4. The second kappa shape index (κ2) is 9.44. The number of benzene rings is 1. The molecule has 19 heavy (non-hydrogen) atoms. The van der Waals surface area contributed by atoms with Crippen LogP contribution in [0.5, 0.6) is 0 Å². The van der Waals surface area contributed by atoms with Crippen LogP contribution in [0.15, 0.2) is 12.1 Å². The first-order valence-electron chi connectivity index (χ1n) is 5.69. The monoisotopic (exact) mass is 404 g/mol. The maximum atomic E-state index is 13.0. The first kappa shape index (κ1) is 18.5. The molecule has 0 saturated heterocycles. The predicted molar refractivity (Wildman–Crippen MR) is 81.8 cm³/mol. The lowest BCUT2D eigenvalue weighted by molar-refractivity contribution is 0.0952. The van der Waals surface area contributed by atoms with Gasteiger partial charge in [-0.05, 0) is 47.7 Å². The molecular formula is C12H16ClF2IN2O. The molecule has 108 valence electrons. The highest BCUT2D eigenvalue weighted by Gasteiger charge is 2.13. The number of halogens is 4. The largest absolute Gasteiger partial charge is 0.351 e. The van der Waals surface area contributed by atoms with Crippen LogP contribution in [0, 0.1) is 15.2 Å². The zero-order valence-electron chi connectivity index (χ0n) is 10.4. The highest BCUT2D eigenvalue weighted by atomic mass is 127. The van der Waals surface area contributed by atoms with E-state index in [1.165, 1.54) is 0 Å². The van der Waals surface area contributed by atoms with Crippen LogP contribution in [0.1, 0.15) is 23.7 Å². The molecule has 3 nitrogen and oxygen atoms in total. The molecule has 0 bridgehead atoms. The van der Waals surface area contributed by atoms with Gasteiger partial charge in [-0.25, -0.2) is 8.78 Å². The van der Waals surface area contributed by atoms with E-state index < -0.39 is 17.5 Å². The molecule has 0 aliphatic heterocycles. The van der Waals surface area contributed by atoms with Crippen LogP contribution in [0.3, 0.4) is 0 Å². The molecule has 1 amide bonds. The van der Waals surface area contributed by atoms with E-state index in [1.807, 2.05) is 22.6 Å². The number of rotatable bonds is 6. The highest BCUT2D eigenvalue weighted by molar-refractivity contribution is 14.1. The summed E-state index contributed by atoms with van der Waals surface area (Å²) in [4.78, 5) is 11.7. The van der Waals surface area contributed by atoms with E-state index in [9.17, 15) is 13.6 Å². The Morgan fingerprint density at radius 2 is 1.84 bits per heavy atom. The summed E-state index contributed by atoms with van der Waals surface area (Å²) in [6.45, 7) is 4.04. The van der Waals surface area contributed by atoms with E-state index in [1.54, 1.807) is 0 Å². The van der Waals surface area contributed by atoms with Gasteiger partial charge in [-0.2, -0.15) is 0 Å². The van der Waals surface area contributed by atoms with Crippen molar-refractivity contribution in [3.8, 4) is 0 Å². The zero-order chi connectivity index (χ0) is 13.5. The van der Waals surface area contributed by atoms with Crippen LogP contribution in [-0.4, -0.2) is 25.5 Å². The third-order valence-electron chi connectivity index (χ3n) is 2.27. The van der Waals surface area contributed by atoms with Crippen molar-refractivity contribution in [2.75, 3.05) is 19.6 Å². The van der Waals surface area contributed by atoms with Crippen molar-refractivity contribution in [1.29, 1.82) is 0 Å². The fourth-order valence-corrected chi connectivity index (χ4v) is 2.03. The van der Waals surface area contributed by atoms with Crippen molar-refractivity contribution < 1.29 is 13.6 Å². The van der Waals surface area contributed by atoms with E-state index in [0.29, 0.717) is 16.7 Å². The van der Waals surface area contributed by atoms with Crippen LogP contribution in [0.4, 0.5) is 8.78 Å². The lowest BCUT2D eigenvalue weighted by atomic mass is 10.2. The first-order valence-corrected chi connectivity index (χ1v) is 6.77.